The van der Waals surface area contributed by atoms with Gasteiger partial charge in [0.2, 0.25) is 5.91 Å². The van der Waals surface area contributed by atoms with Gasteiger partial charge in [-0.1, -0.05) is 24.3 Å². The average Bonchev–Trinajstić information content (AvgIpc) is 3.64. The molecule has 0 aliphatic heterocycles. The zero-order valence-corrected chi connectivity index (χ0v) is 19.0. The van der Waals surface area contributed by atoms with Crippen LogP contribution in [0, 0.1) is 5.82 Å². The molecule has 1 N–H and O–H groups in total. The van der Waals surface area contributed by atoms with E-state index < -0.39 is 15.8 Å². The molecule has 8 heteroatoms. The maximum absolute atomic E-state index is 13.1. The smallest absolute Gasteiger partial charge is 0.261 e. The molecule has 1 saturated carbocycles. The monoisotopic (exact) mass is 468 g/mol. The fraction of sp³-hybridized carbons (Fsp3) is 0.240. The van der Waals surface area contributed by atoms with E-state index in [2.05, 4.69) is 4.72 Å². The largest absolute Gasteiger partial charge is 0.497 e. The second kappa shape index (κ2) is 9.62. The van der Waals surface area contributed by atoms with Crippen molar-refractivity contribution in [3.8, 4) is 5.75 Å². The Hall–Kier alpha value is -3.39. The molecule has 1 aliphatic rings. The first-order chi connectivity index (χ1) is 15.8. The van der Waals surface area contributed by atoms with Gasteiger partial charge >= 0.3 is 0 Å². The number of carbonyl (C=O) groups is 1. The molecule has 0 heterocycles. The van der Waals surface area contributed by atoms with E-state index in [1.165, 1.54) is 12.1 Å². The number of nitrogens with one attached hydrogen (secondary N) is 1. The lowest BCUT2D eigenvalue weighted by Crippen LogP contribution is -2.33. The summed E-state index contributed by atoms with van der Waals surface area (Å²) in [6.07, 6.45) is 2.25. The number of rotatable bonds is 9. The van der Waals surface area contributed by atoms with E-state index in [-0.39, 0.29) is 23.3 Å². The lowest BCUT2D eigenvalue weighted by molar-refractivity contribution is -0.131. The highest BCUT2D eigenvalue weighted by Gasteiger charge is 2.32. The predicted molar refractivity (Wildman–Crippen MR) is 124 cm³/mol. The Morgan fingerprint density at radius 1 is 0.970 bits per heavy atom. The molecule has 3 aromatic carbocycles. The topological polar surface area (TPSA) is 75.7 Å². The van der Waals surface area contributed by atoms with E-state index >= 15 is 0 Å². The highest BCUT2D eigenvalue weighted by molar-refractivity contribution is 7.92. The molecular weight excluding hydrogens is 443 g/mol. The van der Waals surface area contributed by atoms with Crippen LogP contribution in [0.2, 0.25) is 0 Å². The first kappa shape index (κ1) is 22.8. The average molecular weight is 469 g/mol. The number of carbonyl (C=O) groups excluding carboxylic acids is 1. The van der Waals surface area contributed by atoms with Crippen molar-refractivity contribution in [2.75, 3.05) is 11.8 Å². The SMILES string of the molecule is COc1ccc(CN(C(=O)Cc2ccc(NS(=O)(=O)c3ccc(F)cc3)cc2)C2CC2)cc1. The fourth-order valence-electron chi connectivity index (χ4n) is 3.53. The molecule has 1 aliphatic carbocycles. The third-order valence-corrected chi connectivity index (χ3v) is 6.90. The predicted octanol–water partition coefficient (Wildman–Crippen LogP) is 4.37. The first-order valence-corrected chi connectivity index (χ1v) is 12.1. The van der Waals surface area contributed by atoms with Crippen molar-refractivity contribution in [2.45, 2.75) is 36.7 Å². The molecular formula is C25H25FN2O4S. The van der Waals surface area contributed by atoms with E-state index in [1.54, 1.807) is 31.4 Å². The van der Waals surface area contributed by atoms with Crippen LogP contribution in [0.5, 0.6) is 5.75 Å². The third-order valence-electron chi connectivity index (χ3n) is 5.51. The maximum Gasteiger partial charge on any atom is 0.261 e. The summed E-state index contributed by atoms with van der Waals surface area (Å²) in [5.41, 5.74) is 2.21. The quantitative estimate of drug-likeness (QED) is 0.506. The second-order valence-electron chi connectivity index (χ2n) is 8.03. The summed E-state index contributed by atoms with van der Waals surface area (Å²) in [5.74, 6) is 0.307. The van der Waals surface area contributed by atoms with E-state index in [9.17, 15) is 17.6 Å². The number of hydrogen-bond donors (Lipinski definition) is 1. The Balaban J connectivity index is 1.39. The number of methoxy groups -OCH3 is 1. The number of ether oxygens (including phenoxy) is 1. The van der Waals surface area contributed by atoms with Crippen LogP contribution in [-0.4, -0.2) is 32.4 Å². The molecule has 4 rings (SSSR count). The molecule has 0 bridgehead atoms. The molecule has 0 aromatic heterocycles. The molecule has 0 radical (unpaired) electrons. The molecule has 0 spiro atoms. The van der Waals surface area contributed by atoms with Crippen LogP contribution in [0.15, 0.2) is 77.7 Å². The molecule has 1 amide bonds. The van der Waals surface area contributed by atoms with E-state index in [0.29, 0.717) is 12.2 Å². The van der Waals surface area contributed by atoms with E-state index in [4.69, 9.17) is 4.74 Å². The number of amides is 1. The molecule has 33 heavy (non-hydrogen) atoms. The van der Waals surface area contributed by atoms with Crippen LogP contribution in [-0.2, 0) is 27.8 Å². The van der Waals surface area contributed by atoms with Gasteiger partial charge in [0.05, 0.1) is 18.4 Å². The Labute approximate surface area is 193 Å². The Morgan fingerprint density at radius 2 is 1.58 bits per heavy atom. The van der Waals surface area contributed by atoms with Gasteiger partial charge in [-0.15, -0.1) is 0 Å². The van der Waals surface area contributed by atoms with Crippen molar-refractivity contribution in [2.24, 2.45) is 0 Å². The molecule has 1 fully saturated rings. The number of anilines is 1. The highest BCUT2D eigenvalue weighted by Crippen LogP contribution is 2.29. The Kier molecular flexibility index (Phi) is 6.65. The minimum atomic E-state index is -3.82. The summed E-state index contributed by atoms with van der Waals surface area (Å²) < 4.78 is 45.6. The van der Waals surface area contributed by atoms with Crippen molar-refractivity contribution in [1.29, 1.82) is 0 Å². The number of nitrogens with zero attached hydrogens (tertiary/aromatic N) is 1. The zero-order valence-electron chi connectivity index (χ0n) is 18.2. The lowest BCUT2D eigenvalue weighted by Gasteiger charge is -2.23. The number of halogens is 1. The van der Waals surface area contributed by atoms with Crippen LogP contribution >= 0.6 is 0 Å². The van der Waals surface area contributed by atoms with E-state index in [0.717, 1.165) is 41.9 Å². The molecule has 0 atom stereocenters. The maximum atomic E-state index is 13.1. The summed E-state index contributed by atoms with van der Waals surface area (Å²) >= 11 is 0. The number of hydrogen-bond acceptors (Lipinski definition) is 4. The summed E-state index contributed by atoms with van der Waals surface area (Å²) in [6.45, 7) is 0.545. The van der Waals surface area contributed by atoms with Gasteiger partial charge in [0.15, 0.2) is 0 Å². The third kappa shape index (κ3) is 5.90. The summed E-state index contributed by atoms with van der Waals surface area (Å²) in [7, 11) is -2.20. The van der Waals surface area contributed by atoms with Crippen LogP contribution in [0.1, 0.15) is 24.0 Å². The zero-order chi connectivity index (χ0) is 23.4. The van der Waals surface area contributed by atoms with Gasteiger partial charge in [0.1, 0.15) is 11.6 Å². The van der Waals surface area contributed by atoms with Crippen molar-refractivity contribution < 1.29 is 22.3 Å². The fourth-order valence-corrected chi connectivity index (χ4v) is 4.59. The highest BCUT2D eigenvalue weighted by atomic mass is 32.2. The van der Waals surface area contributed by atoms with Crippen molar-refractivity contribution in [1.82, 2.24) is 4.90 Å². The summed E-state index contributed by atoms with van der Waals surface area (Å²) in [4.78, 5) is 14.9. The van der Waals surface area contributed by atoms with Gasteiger partial charge in [-0.3, -0.25) is 9.52 Å². The standard InChI is InChI=1S/C25H25FN2O4S/c1-32-23-12-4-19(5-13-23)17-28(22-10-11-22)25(29)16-18-2-8-21(9-3-18)27-33(30,31)24-14-6-20(26)7-15-24/h2-9,12-15,22,27H,10-11,16-17H2,1H3. The van der Waals surface area contributed by atoms with E-state index in [1.807, 2.05) is 29.2 Å². The van der Waals surface area contributed by atoms with Gasteiger partial charge in [-0.25, -0.2) is 12.8 Å². The van der Waals surface area contributed by atoms with Crippen LogP contribution in [0.25, 0.3) is 0 Å². The molecule has 0 unspecified atom stereocenters. The van der Waals surface area contributed by atoms with Crippen LogP contribution in [0.3, 0.4) is 0 Å². The molecule has 172 valence electrons. The summed E-state index contributed by atoms with van der Waals surface area (Å²) in [6, 6.07) is 19.3. The van der Waals surface area contributed by atoms with Crippen molar-refractivity contribution in [3.05, 3.63) is 89.7 Å². The summed E-state index contributed by atoms with van der Waals surface area (Å²) in [5, 5.41) is 0. The van der Waals surface area contributed by atoms with Crippen molar-refractivity contribution in [3.63, 3.8) is 0 Å². The minimum Gasteiger partial charge on any atom is -0.497 e. The number of benzene rings is 3. The van der Waals surface area contributed by atoms with Gasteiger partial charge in [-0.2, -0.15) is 0 Å². The Morgan fingerprint density at radius 3 is 2.15 bits per heavy atom. The first-order valence-electron chi connectivity index (χ1n) is 10.6. The minimum absolute atomic E-state index is 0.0261. The van der Waals surface area contributed by atoms with Gasteiger partial charge in [-0.05, 0) is 72.5 Å². The lowest BCUT2D eigenvalue weighted by atomic mass is 10.1. The number of sulfonamides is 1. The van der Waals surface area contributed by atoms with Gasteiger partial charge < -0.3 is 9.64 Å². The Bertz CT molecular complexity index is 1210. The molecule has 3 aromatic rings. The normalized spacial score (nSPS) is 13.4. The van der Waals surface area contributed by atoms with Gasteiger partial charge in [0, 0.05) is 18.3 Å². The molecule has 6 nitrogen and oxygen atoms in total. The second-order valence-corrected chi connectivity index (χ2v) is 9.72. The van der Waals surface area contributed by atoms with Crippen LogP contribution < -0.4 is 9.46 Å². The van der Waals surface area contributed by atoms with Crippen molar-refractivity contribution >= 4 is 21.6 Å². The van der Waals surface area contributed by atoms with Crippen LogP contribution in [0.4, 0.5) is 10.1 Å². The van der Waals surface area contributed by atoms with Gasteiger partial charge in [0.25, 0.3) is 10.0 Å². The molecule has 0 saturated heterocycles.